The average molecular weight is 188 g/mol. The minimum absolute atomic E-state index is 1.07. The van der Waals surface area contributed by atoms with Gasteiger partial charge in [0.15, 0.2) is 0 Å². The Morgan fingerprint density at radius 2 is 1.38 bits per heavy atom. The highest BCUT2D eigenvalue weighted by atomic mass is 15.2. The van der Waals surface area contributed by atoms with Crippen LogP contribution in [0.25, 0.3) is 0 Å². The first-order chi connectivity index (χ1) is 6.43. The number of hydrogen-bond donors (Lipinski definition) is 1. The second-order valence-electron chi connectivity index (χ2n) is 2.69. The summed E-state index contributed by atoms with van der Waals surface area (Å²) >= 11 is 0. The Kier molecular flexibility index (Phi) is 17.1. The van der Waals surface area contributed by atoms with Crippen LogP contribution in [0.15, 0.2) is 0 Å². The fourth-order valence-corrected chi connectivity index (χ4v) is 1.34. The summed E-state index contributed by atoms with van der Waals surface area (Å²) in [7, 11) is 2.01. The summed E-state index contributed by atoms with van der Waals surface area (Å²) in [5, 5.41) is 3.16. The van der Waals surface area contributed by atoms with Crippen molar-refractivity contribution in [2.45, 2.75) is 47.0 Å². The lowest BCUT2D eigenvalue weighted by molar-refractivity contribution is 0.218. The molecule has 0 spiro atoms. The predicted molar refractivity (Wildman–Crippen MR) is 62.0 cm³/mol. The maximum absolute atomic E-state index is 3.16. The van der Waals surface area contributed by atoms with Crippen molar-refractivity contribution in [3.8, 4) is 0 Å². The molecule has 13 heavy (non-hydrogen) atoms. The predicted octanol–water partition coefficient (Wildman–Crippen LogP) is 2.70. The van der Waals surface area contributed by atoms with Crippen molar-refractivity contribution in [2.24, 2.45) is 0 Å². The van der Waals surface area contributed by atoms with Crippen molar-refractivity contribution in [1.29, 1.82) is 0 Å². The monoisotopic (exact) mass is 188 g/mol. The molecule has 0 unspecified atom stereocenters. The Hall–Kier alpha value is -0.0800. The fourth-order valence-electron chi connectivity index (χ4n) is 1.34. The summed E-state index contributed by atoms with van der Waals surface area (Å²) in [6.45, 7) is 11.7. The van der Waals surface area contributed by atoms with E-state index in [-0.39, 0.29) is 0 Å². The largest absolute Gasteiger partial charge is 0.307 e. The van der Waals surface area contributed by atoms with Gasteiger partial charge in [-0.15, -0.1) is 0 Å². The Bertz CT molecular complexity index is 65.7. The first-order valence-electron chi connectivity index (χ1n) is 5.80. The van der Waals surface area contributed by atoms with Gasteiger partial charge in [0.1, 0.15) is 0 Å². The molecule has 1 aliphatic rings. The third kappa shape index (κ3) is 9.84. The van der Waals surface area contributed by atoms with Gasteiger partial charge in [-0.25, -0.2) is 0 Å². The van der Waals surface area contributed by atoms with Crippen LogP contribution in [0, 0.1) is 0 Å². The zero-order chi connectivity index (χ0) is 10.5. The molecule has 0 aromatic rings. The van der Waals surface area contributed by atoms with E-state index in [0.29, 0.717) is 0 Å². The van der Waals surface area contributed by atoms with Crippen molar-refractivity contribution in [2.75, 3.05) is 26.8 Å². The molecule has 1 N–H and O–H groups in total. The van der Waals surface area contributed by atoms with Gasteiger partial charge in [0, 0.05) is 6.67 Å². The van der Waals surface area contributed by atoms with Crippen molar-refractivity contribution >= 4 is 0 Å². The van der Waals surface area contributed by atoms with E-state index >= 15 is 0 Å². The number of likely N-dealkylation sites (tertiary alicyclic amines) is 1. The van der Waals surface area contributed by atoms with Gasteiger partial charge in [-0.1, -0.05) is 34.1 Å². The van der Waals surface area contributed by atoms with E-state index < -0.39 is 0 Å². The summed E-state index contributed by atoms with van der Waals surface area (Å²) in [6, 6.07) is 0. The molecule has 1 rings (SSSR count). The lowest BCUT2D eigenvalue weighted by Crippen LogP contribution is -2.36. The molecule has 0 aromatic heterocycles. The Morgan fingerprint density at radius 3 is 1.77 bits per heavy atom. The SMILES string of the molecule is CC.CC.CNCN1CCCCC1. The highest BCUT2D eigenvalue weighted by molar-refractivity contribution is 4.61. The zero-order valence-electron chi connectivity index (χ0n) is 10.2. The van der Waals surface area contributed by atoms with Gasteiger partial charge in [-0.2, -0.15) is 0 Å². The van der Waals surface area contributed by atoms with Gasteiger partial charge in [0.25, 0.3) is 0 Å². The molecule has 0 radical (unpaired) electrons. The van der Waals surface area contributed by atoms with Gasteiger partial charge in [0.05, 0.1) is 0 Å². The summed E-state index contributed by atoms with van der Waals surface area (Å²) in [6.07, 6.45) is 4.21. The minimum atomic E-state index is 1.07. The van der Waals surface area contributed by atoms with Gasteiger partial charge < -0.3 is 5.32 Å². The van der Waals surface area contributed by atoms with E-state index in [9.17, 15) is 0 Å². The van der Waals surface area contributed by atoms with Crippen LogP contribution in [0.2, 0.25) is 0 Å². The molecule has 0 saturated carbocycles. The van der Waals surface area contributed by atoms with Crippen molar-refractivity contribution in [3.05, 3.63) is 0 Å². The molecule has 82 valence electrons. The molecular weight excluding hydrogens is 160 g/mol. The molecule has 1 heterocycles. The molecule has 0 aromatic carbocycles. The number of piperidine rings is 1. The molecule has 1 aliphatic heterocycles. The third-order valence-electron chi connectivity index (χ3n) is 1.83. The van der Waals surface area contributed by atoms with Gasteiger partial charge in [-0.05, 0) is 33.0 Å². The Balaban J connectivity index is 0. The van der Waals surface area contributed by atoms with Gasteiger partial charge in [-0.3, -0.25) is 4.90 Å². The topological polar surface area (TPSA) is 15.3 Å². The zero-order valence-corrected chi connectivity index (χ0v) is 10.2. The maximum atomic E-state index is 3.16. The van der Waals surface area contributed by atoms with Crippen LogP contribution in [-0.2, 0) is 0 Å². The highest BCUT2D eigenvalue weighted by Crippen LogP contribution is 2.06. The van der Waals surface area contributed by atoms with Gasteiger partial charge >= 0.3 is 0 Å². The second-order valence-corrected chi connectivity index (χ2v) is 2.69. The van der Waals surface area contributed by atoms with Crippen LogP contribution in [0.1, 0.15) is 47.0 Å². The third-order valence-corrected chi connectivity index (χ3v) is 1.83. The van der Waals surface area contributed by atoms with Crippen LogP contribution < -0.4 is 5.32 Å². The molecule has 1 fully saturated rings. The first kappa shape index (κ1) is 15.4. The second kappa shape index (κ2) is 14.4. The molecule has 2 nitrogen and oxygen atoms in total. The van der Waals surface area contributed by atoms with Crippen LogP contribution in [-0.4, -0.2) is 31.7 Å². The van der Waals surface area contributed by atoms with E-state index in [1.807, 2.05) is 34.7 Å². The molecule has 0 aliphatic carbocycles. The standard InChI is InChI=1S/C7H16N2.2C2H6/c1-8-7-9-5-3-2-4-6-9;2*1-2/h8H,2-7H2,1H3;2*1-2H3. The molecule has 1 saturated heterocycles. The average Bonchev–Trinajstić information content (AvgIpc) is 2.26. The summed E-state index contributed by atoms with van der Waals surface area (Å²) in [5.41, 5.74) is 0. The van der Waals surface area contributed by atoms with E-state index in [2.05, 4.69) is 10.2 Å². The molecule has 0 amide bonds. The number of nitrogens with zero attached hydrogens (tertiary/aromatic N) is 1. The Morgan fingerprint density at radius 1 is 0.923 bits per heavy atom. The Labute approximate surface area is 84.7 Å². The van der Waals surface area contributed by atoms with Crippen LogP contribution >= 0.6 is 0 Å². The van der Waals surface area contributed by atoms with Crippen LogP contribution in [0.5, 0.6) is 0 Å². The van der Waals surface area contributed by atoms with E-state index in [1.54, 1.807) is 0 Å². The molecular formula is C11H28N2. The van der Waals surface area contributed by atoms with Crippen molar-refractivity contribution in [1.82, 2.24) is 10.2 Å². The van der Waals surface area contributed by atoms with E-state index in [4.69, 9.17) is 0 Å². The first-order valence-corrected chi connectivity index (χ1v) is 5.80. The smallest absolute Gasteiger partial charge is 0.0477 e. The molecule has 2 heteroatoms. The van der Waals surface area contributed by atoms with Crippen molar-refractivity contribution < 1.29 is 0 Å². The number of nitrogens with one attached hydrogen (secondary N) is 1. The van der Waals surface area contributed by atoms with E-state index in [1.165, 1.54) is 32.4 Å². The van der Waals surface area contributed by atoms with E-state index in [0.717, 1.165) is 6.67 Å². The maximum Gasteiger partial charge on any atom is 0.0477 e. The van der Waals surface area contributed by atoms with Crippen molar-refractivity contribution in [3.63, 3.8) is 0 Å². The normalized spacial score (nSPS) is 16.4. The molecule has 0 atom stereocenters. The van der Waals surface area contributed by atoms with Crippen LogP contribution in [0.4, 0.5) is 0 Å². The molecule has 0 bridgehead atoms. The lowest BCUT2D eigenvalue weighted by atomic mass is 10.1. The number of rotatable bonds is 2. The quantitative estimate of drug-likeness (QED) is 0.717. The number of hydrogen-bond acceptors (Lipinski definition) is 2. The van der Waals surface area contributed by atoms with Gasteiger partial charge in [0.2, 0.25) is 0 Å². The lowest BCUT2D eigenvalue weighted by Gasteiger charge is -2.25. The minimum Gasteiger partial charge on any atom is -0.307 e. The summed E-state index contributed by atoms with van der Waals surface area (Å²) in [4.78, 5) is 2.46. The summed E-state index contributed by atoms with van der Waals surface area (Å²) in [5.74, 6) is 0. The summed E-state index contributed by atoms with van der Waals surface area (Å²) < 4.78 is 0. The van der Waals surface area contributed by atoms with Crippen LogP contribution in [0.3, 0.4) is 0 Å². The fraction of sp³-hybridized carbons (Fsp3) is 1.00. The highest BCUT2D eigenvalue weighted by Gasteiger charge is 2.06.